The van der Waals surface area contributed by atoms with Crippen LogP contribution in [0.3, 0.4) is 0 Å². The van der Waals surface area contributed by atoms with E-state index < -0.39 is 164 Å². The number of benzene rings is 2. The molecule has 0 saturated heterocycles. The molecule has 0 aromatic heterocycles. The van der Waals surface area contributed by atoms with E-state index in [1.54, 1.807) is 0 Å². The average molecular weight is 1150 g/mol. The van der Waals surface area contributed by atoms with E-state index >= 15 is 0 Å². The molecule has 0 amide bonds. The van der Waals surface area contributed by atoms with E-state index in [9.17, 15) is 184 Å². The number of hydrogen-bond acceptors (Lipinski definition) is 1. The monoisotopic (exact) mass is 1150 g/mol. The second-order valence-corrected chi connectivity index (χ2v) is 13.1. The van der Waals surface area contributed by atoms with Crippen molar-refractivity contribution in [2.45, 2.75) is 95.1 Å². The molecule has 0 aliphatic rings. The molecule has 0 saturated carbocycles. The third kappa shape index (κ3) is 7.50. The SMILES string of the molecule is Fc1c(F)c(F)c(C(F)(F)C(F)(F)C(F)(F)C(F)(F)C(F)(F)C(F)(F)C(F)(F)C(F)(F)OC(F)(F)C(F)(F)C(F)(F)C(F)(F)C(F)(F)C(F)(F)C(F)(F)C(F)(F)c2c(F)c(F)c(F)c(F)c2F)c(F)c1F. The summed E-state index contributed by atoms with van der Waals surface area (Å²) in [5, 5.41) is 0. The molecule has 43 heteroatoms. The van der Waals surface area contributed by atoms with Crippen LogP contribution in [-0.2, 0) is 16.6 Å². The zero-order valence-corrected chi connectivity index (χ0v) is 30.3. The van der Waals surface area contributed by atoms with Crippen LogP contribution in [-0.4, -0.2) is 83.3 Å². The quantitative estimate of drug-likeness (QED) is 0.0821. The van der Waals surface area contributed by atoms with E-state index in [4.69, 9.17) is 0 Å². The zero-order valence-electron chi connectivity index (χ0n) is 30.3. The molecular weight excluding hydrogens is 1150 g/mol. The van der Waals surface area contributed by atoms with Gasteiger partial charge in [0.25, 0.3) is 0 Å². The number of ether oxygens (including phenoxy) is 1. The lowest BCUT2D eigenvalue weighted by Gasteiger charge is -2.45. The Morgan fingerprint density at radius 3 is 0.465 bits per heavy atom. The standard InChI is InChI=1S/C28F42O/c29-3-1(4(30)8(34)11(37)7(3)33)13(39,40)15(43,44)17(47,48)19(51,52)21(55,56)23(59,60)25(63,64)27(67,68)71-28(69,70)26(65,66)24(61,62)22(57,58)20(53,54)18(49,50)16(45,46)14(41,42)2-5(31)9(35)12(38)10(36)6(2)32. The normalized spacial score (nSPS) is 15.8. The van der Waals surface area contributed by atoms with Crippen molar-refractivity contribution in [2.75, 3.05) is 0 Å². The van der Waals surface area contributed by atoms with Crippen molar-refractivity contribution < 1.29 is 189 Å². The molecule has 0 unspecified atom stereocenters. The van der Waals surface area contributed by atoms with Gasteiger partial charge in [0.2, 0.25) is 11.6 Å². The number of halogens is 42. The summed E-state index contributed by atoms with van der Waals surface area (Å²) in [6, 6.07) is 0. The first-order chi connectivity index (χ1) is 30.6. The van der Waals surface area contributed by atoms with Crippen LogP contribution in [0.4, 0.5) is 184 Å². The van der Waals surface area contributed by atoms with Crippen LogP contribution in [0.2, 0.25) is 0 Å². The Kier molecular flexibility index (Phi) is 14.5. The van der Waals surface area contributed by atoms with E-state index in [2.05, 4.69) is 0 Å². The summed E-state index contributed by atoms with van der Waals surface area (Å²) in [4.78, 5) is 0. The van der Waals surface area contributed by atoms with Gasteiger partial charge in [0.15, 0.2) is 46.5 Å². The Morgan fingerprint density at radius 1 is 0.169 bits per heavy atom. The summed E-state index contributed by atoms with van der Waals surface area (Å²) in [6.45, 7) is 0. The second kappa shape index (κ2) is 16.5. The van der Waals surface area contributed by atoms with Crippen LogP contribution in [0.15, 0.2) is 0 Å². The minimum atomic E-state index is -10.1. The van der Waals surface area contributed by atoms with E-state index in [-0.39, 0.29) is 0 Å². The van der Waals surface area contributed by atoms with Gasteiger partial charge in [-0.25, -0.2) is 48.6 Å². The van der Waals surface area contributed by atoms with Gasteiger partial charge >= 0.3 is 95.1 Å². The lowest BCUT2D eigenvalue weighted by molar-refractivity contribution is -0.529. The number of hydrogen-bond donors (Lipinski definition) is 0. The Morgan fingerprint density at radius 2 is 0.296 bits per heavy atom. The second-order valence-electron chi connectivity index (χ2n) is 13.1. The summed E-state index contributed by atoms with van der Waals surface area (Å²) in [6.07, 6.45) is -19.4. The van der Waals surface area contributed by atoms with Gasteiger partial charge in [-0.2, -0.15) is 140 Å². The summed E-state index contributed by atoms with van der Waals surface area (Å²) >= 11 is 0. The molecule has 0 fully saturated rings. The molecular formula is C28F42O. The van der Waals surface area contributed by atoms with Gasteiger partial charge in [0, 0.05) is 0 Å². The van der Waals surface area contributed by atoms with E-state index in [1.165, 1.54) is 0 Å². The van der Waals surface area contributed by atoms with Crippen molar-refractivity contribution >= 4 is 0 Å². The maximum absolute atomic E-state index is 14.2. The fourth-order valence-electron chi connectivity index (χ4n) is 4.70. The van der Waals surface area contributed by atoms with Crippen molar-refractivity contribution in [1.29, 1.82) is 0 Å². The Balaban J connectivity index is 2.80. The van der Waals surface area contributed by atoms with Gasteiger partial charge in [-0.15, -0.1) is 0 Å². The Hall–Kier alpha value is -4.54. The number of rotatable bonds is 18. The third-order valence-electron chi connectivity index (χ3n) is 8.77. The molecule has 0 bridgehead atoms. The number of alkyl halides is 32. The predicted molar refractivity (Wildman–Crippen MR) is 131 cm³/mol. The fourth-order valence-corrected chi connectivity index (χ4v) is 4.70. The molecule has 0 N–H and O–H groups in total. The van der Waals surface area contributed by atoms with Crippen LogP contribution in [0.1, 0.15) is 11.1 Å². The summed E-state index contributed by atoms with van der Waals surface area (Å²) in [5.74, 6) is -178. The van der Waals surface area contributed by atoms with Crippen LogP contribution >= 0.6 is 0 Å². The maximum Gasteiger partial charge on any atom is 0.430 e. The average Bonchev–Trinajstić information content (AvgIpc) is 3.19. The summed E-state index contributed by atoms with van der Waals surface area (Å²) in [7, 11) is 0. The molecule has 0 heterocycles. The smallest absolute Gasteiger partial charge is 0.245 e. The highest BCUT2D eigenvalue weighted by Gasteiger charge is 2.98. The molecule has 0 spiro atoms. The predicted octanol–water partition coefficient (Wildman–Crippen LogP) is 14.8. The van der Waals surface area contributed by atoms with Crippen LogP contribution in [0.5, 0.6) is 0 Å². The molecule has 0 aliphatic carbocycles. The van der Waals surface area contributed by atoms with Crippen molar-refractivity contribution in [2.24, 2.45) is 0 Å². The van der Waals surface area contributed by atoms with Crippen molar-refractivity contribution in [3.8, 4) is 0 Å². The topological polar surface area (TPSA) is 9.23 Å². The van der Waals surface area contributed by atoms with Crippen LogP contribution in [0, 0.1) is 58.2 Å². The molecule has 412 valence electrons. The molecule has 1 nitrogen and oxygen atoms in total. The fraction of sp³-hybridized carbons (Fsp3) is 0.571. The Labute approximate surface area is 354 Å². The van der Waals surface area contributed by atoms with Crippen LogP contribution < -0.4 is 0 Å². The lowest BCUT2D eigenvalue weighted by atomic mass is 9.86. The van der Waals surface area contributed by atoms with Crippen LogP contribution in [0.25, 0.3) is 0 Å². The molecule has 2 aromatic rings. The van der Waals surface area contributed by atoms with Gasteiger partial charge in [-0.3, -0.25) is 0 Å². The van der Waals surface area contributed by atoms with Gasteiger partial charge < -0.3 is 0 Å². The minimum absolute atomic E-state index is 0.426. The highest BCUT2D eigenvalue weighted by Crippen LogP contribution is 2.69. The largest absolute Gasteiger partial charge is 0.430 e. The van der Waals surface area contributed by atoms with Gasteiger partial charge in [-0.05, 0) is 0 Å². The third-order valence-corrected chi connectivity index (χ3v) is 8.77. The van der Waals surface area contributed by atoms with Crippen molar-refractivity contribution in [1.82, 2.24) is 0 Å². The first kappa shape index (κ1) is 62.6. The molecule has 2 aromatic carbocycles. The zero-order chi connectivity index (χ0) is 57.6. The summed E-state index contributed by atoms with van der Waals surface area (Å²) in [5.41, 5.74) is -9.75. The van der Waals surface area contributed by atoms with Gasteiger partial charge in [-0.1, -0.05) is 0 Å². The minimum Gasteiger partial charge on any atom is -0.245 e. The van der Waals surface area contributed by atoms with Gasteiger partial charge in [0.1, 0.15) is 11.1 Å². The van der Waals surface area contributed by atoms with Gasteiger partial charge in [0.05, 0.1) is 0 Å². The van der Waals surface area contributed by atoms with Crippen molar-refractivity contribution in [3.63, 3.8) is 0 Å². The highest BCUT2D eigenvalue weighted by atomic mass is 19.4. The first-order valence-corrected chi connectivity index (χ1v) is 15.3. The Bertz CT molecular complexity index is 2170. The van der Waals surface area contributed by atoms with Crippen molar-refractivity contribution in [3.05, 3.63) is 69.3 Å². The molecule has 0 aliphatic heterocycles. The summed E-state index contributed by atoms with van der Waals surface area (Å²) < 4.78 is 586. The lowest BCUT2D eigenvalue weighted by Crippen LogP contribution is -2.76. The molecule has 0 atom stereocenters. The maximum atomic E-state index is 14.2. The highest BCUT2D eigenvalue weighted by molar-refractivity contribution is 5.33. The molecule has 2 rings (SSSR count). The van der Waals surface area contributed by atoms with E-state index in [1.807, 2.05) is 0 Å². The van der Waals surface area contributed by atoms with E-state index in [0.717, 1.165) is 0 Å². The molecule has 71 heavy (non-hydrogen) atoms. The van der Waals surface area contributed by atoms with E-state index in [0.29, 0.717) is 4.74 Å². The molecule has 0 radical (unpaired) electrons. The first-order valence-electron chi connectivity index (χ1n) is 15.3.